The van der Waals surface area contributed by atoms with Crippen LogP contribution >= 0.6 is 12.2 Å². The van der Waals surface area contributed by atoms with E-state index in [9.17, 15) is 0 Å². The van der Waals surface area contributed by atoms with E-state index in [2.05, 4.69) is 10.5 Å². The molecule has 0 unspecified atom stereocenters. The Kier molecular flexibility index (Phi) is 4.17. The Bertz CT molecular complexity index is 130. The van der Waals surface area contributed by atoms with E-state index in [-0.39, 0.29) is 0 Å². The highest BCUT2D eigenvalue weighted by Gasteiger charge is 1.83. The summed E-state index contributed by atoms with van der Waals surface area (Å²) in [5.74, 6) is 0. The van der Waals surface area contributed by atoms with Crippen LogP contribution in [0.5, 0.6) is 0 Å². The summed E-state index contributed by atoms with van der Waals surface area (Å²) in [5, 5.41) is 3.84. The van der Waals surface area contributed by atoms with Crippen molar-refractivity contribution in [2.24, 2.45) is 10.8 Å². The van der Waals surface area contributed by atoms with Gasteiger partial charge in [0.15, 0.2) is 0 Å². The number of hydrazone groups is 1. The third kappa shape index (κ3) is 5.39. The smallest absolute Gasteiger partial charge is 0.0930 e. The molecule has 0 heterocycles. The maximum absolute atomic E-state index is 5.24. The number of thiocarbonyl (C=S) groups is 1. The van der Waals surface area contributed by atoms with Gasteiger partial charge in [-0.2, -0.15) is 5.10 Å². The lowest BCUT2D eigenvalue weighted by Gasteiger charge is -1.95. The lowest BCUT2D eigenvalue weighted by molar-refractivity contribution is 1.02. The summed E-state index contributed by atoms with van der Waals surface area (Å²) < 4.78 is 0. The van der Waals surface area contributed by atoms with Gasteiger partial charge in [-0.25, -0.2) is 0 Å². The molecule has 0 aliphatic carbocycles. The Morgan fingerprint density at radius 3 is 2.56 bits per heavy atom. The maximum atomic E-state index is 5.24. The minimum atomic E-state index is 0.468. The Morgan fingerprint density at radius 1 is 1.67 bits per heavy atom. The minimum Gasteiger partial charge on any atom is -0.325 e. The Balaban J connectivity index is 3.56. The maximum Gasteiger partial charge on any atom is 0.0930 e. The van der Waals surface area contributed by atoms with Crippen molar-refractivity contribution in [2.45, 2.75) is 13.8 Å². The van der Waals surface area contributed by atoms with E-state index in [4.69, 9.17) is 18.0 Å². The van der Waals surface area contributed by atoms with Crippen LogP contribution in [0.15, 0.2) is 5.10 Å². The third-order valence-corrected chi connectivity index (χ3v) is 0.791. The van der Waals surface area contributed by atoms with E-state index in [1.807, 2.05) is 6.92 Å². The van der Waals surface area contributed by atoms with Gasteiger partial charge in [-0.3, -0.25) is 5.43 Å². The Hall–Kier alpha value is -0.480. The van der Waals surface area contributed by atoms with Crippen molar-refractivity contribution in [3.05, 3.63) is 0 Å². The van der Waals surface area contributed by atoms with E-state index in [1.54, 1.807) is 6.92 Å². The first-order valence-electron chi connectivity index (χ1n) is 2.66. The van der Waals surface area contributed by atoms with Crippen molar-refractivity contribution >= 4 is 22.9 Å². The SMILES string of the molecule is CC(=S)NN=C(C)CN. The van der Waals surface area contributed by atoms with Crippen LogP contribution < -0.4 is 11.2 Å². The molecule has 0 aliphatic rings. The number of nitrogens with two attached hydrogens (primary N) is 1. The fraction of sp³-hybridized carbons (Fsp3) is 0.600. The van der Waals surface area contributed by atoms with Gasteiger partial charge in [0.25, 0.3) is 0 Å². The molecule has 0 aromatic heterocycles. The zero-order valence-electron chi connectivity index (χ0n) is 5.64. The zero-order chi connectivity index (χ0) is 7.28. The van der Waals surface area contributed by atoms with Crippen LogP contribution in [0.4, 0.5) is 0 Å². The highest BCUT2D eigenvalue weighted by molar-refractivity contribution is 7.80. The summed E-state index contributed by atoms with van der Waals surface area (Å²) in [6.07, 6.45) is 0. The molecule has 0 aromatic rings. The summed E-state index contributed by atoms with van der Waals surface area (Å²) in [4.78, 5) is 0.655. The fourth-order valence-corrected chi connectivity index (χ4v) is 0.265. The lowest BCUT2D eigenvalue weighted by atomic mass is 10.4. The van der Waals surface area contributed by atoms with Crippen LogP contribution in [-0.4, -0.2) is 17.2 Å². The van der Waals surface area contributed by atoms with Crippen LogP contribution in [0.2, 0.25) is 0 Å². The van der Waals surface area contributed by atoms with E-state index in [1.165, 1.54) is 0 Å². The normalized spacial score (nSPS) is 11.2. The molecule has 0 amide bonds. The van der Waals surface area contributed by atoms with Crippen molar-refractivity contribution in [3.63, 3.8) is 0 Å². The van der Waals surface area contributed by atoms with Crippen molar-refractivity contribution in [1.29, 1.82) is 0 Å². The first kappa shape index (κ1) is 8.52. The van der Waals surface area contributed by atoms with Gasteiger partial charge in [-0.15, -0.1) is 0 Å². The fourth-order valence-electron chi connectivity index (χ4n) is 0.220. The minimum absolute atomic E-state index is 0.468. The molecule has 0 rings (SSSR count). The van der Waals surface area contributed by atoms with Crippen LogP contribution in [0.25, 0.3) is 0 Å². The standard InChI is InChI=1S/C5H11N3S/c1-4(3-6)7-8-5(2)9/h3,6H2,1-2H3,(H,8,9). The quantitative estimate of drug-likeness (QED) is 0.333. The summed E-state index contributed by atoms with van der Waals surface area (Å²) in [5.41, 5.74) is 8.73. The zero-order valence-corrected chi connectivity index (χ0v) is 6.46. The van der Waals surface area contributed by atoms with Gasteiger partial charge in [0, 0.05) is 12.3 Å². The molecule has 3 nitrogen and oxygen atoms in total. The average molecular weight is 145 g/mol. The molecule has 0 saturated heterocycles. The molecule has 0 fully saturated rings. The van der Waals surface area contributed by atoms with Gasteiger partial charge in [0.1, 0.15) is 0 Å². The van der Waals surface area contributed by atoms with Crippen LogP contribution in [0.3, 0.4) is 0 Å². The molecule has 0 saturated carbocycles. The molecule has 4 heteroatoms. The number of hydrogen-bond acceptors (Lipinski definition) is 3. The molecule has 0 aromatic carbocycles. The molecular formula is C5H11N3S. The van der Waals surface area contributed by atoms with E-state index in [0.29, 0.717) is 11.5 Å². The largest absolute Gasteiger partial charge is 0.325 e. The molecule has 0 radical (unpaired) electrons. The molecule has 52 valence electrons. The molecule has 0 spiro atoms. The van der Waals surface area contributed by atoms with Crippen molar-refractivity contribution in [3.8, 4) is 0 Å². The van der Waals surface area contributed by atoms with E-state index >= 15 is 0 Å². The number of hydrogen-bond donors (Lipinski definition) is 2. The lowest BCUT2D eigenvalue weighted by Crippen LogP contribution is -2.17. The predicted octanol–water partition coefficient (Wildman–Crippen LogP) is 0.258. The molecule has 0 atom stereocenters. The van der Waals surface area contributed by atoms with Crippen molar-refractivity contribution in [2.75, 3.05) is 6.54 Å². The van der Waals surface area contributed by atoms with Gasteiger partial charge < -0.3 is 5.73 Å². The summed E-state index contributed by atoms with van der Waals surface area (Å²) in [7, 11) is 0. The van der Waals surface area contributed by atoms with Gasteiger partial charge in [0.2, 0.25) is 0 Å². The average Bonchev–Trinajstić information content (AvgIpc) is 1.83. The molecule has 0 bridgehead atoms. The topological polar surface area (TPSA) is 50.4 Å². The monoisotopic (exact) mass is 145 g/mol. The number of rotatable bonds is 2. The van der Waals surface area contributed by atoms with Gasteiger partial charge in [0.05, 0.1) is 4.99 Å². The van der Waals surface area contributed by atoms with E-state index in [0.717, 1.165) is 5.71 Å². The van der Waals surface area contributed by atoms with Crippen LogP contribution in [0, 0.1) is 0 Å². The summed E-state index contributed by atoms with van der Waals surface area (Å²) in [6, 6.07) is 0. The first-order valence-corrected chi connectivity index (χ1v) is 3.07. The first-order chi connectivity index (χ1) is 4.16. The van der Waals surface area contributed by atoms with Gasteiger partial charge in [-0.05, 0) is 13.8 Å². The van der Waals surface area contributed by atoms with E-state index < -0.39 is 0 Å². The number of nitrogens with zero attached hydrogens (tertiary/aromatic N) is 1. The van der Waals surface area contributed by atoms with Crippen LogP contribution in [0.1, 0.15) is 13.8 Å². The Morgan fingerprint density at radius 2 is 2.22 bits per heavy atom. The second-order valence-corrected chi connectivity index (χ2v) is 2.33. The summed E-state index contributed by atoms with van der Waals surface area (Å²) in [6.45, 7) is 4.07. The van der Waals surface area contributed by atoms with Crippen molar-refractivity contribution < 1.29 is 0 Å². The van der Waals surface area contributed by atoms with Gasteiger partial charge in [-0.1, -0.05) is 12.2 Å². The third-order valence-electron chi connectivity index (χ3n) is 0.700. The highest BCUT2D eigenvalue weighted by atomic mass is 32.1. The Labute approximate surface area is 60.3 Å². The molecule has 0 aliphatic heterocycles. The number of nitrogens with one attached hydrogen (secondary N) is 1. The molecule has 3 N–H and O–H groups in total. The second kappa shape index (κ2) is 4.40. The van der Waals surface area contributed by atoms with Gasteiger partial charge >= 0.3 is 0 Å². The van der Waals surface area contributed by atoms with Crippen molar-refractivity contribution in [1.82, 2.24) is 5.43 Å². The van der Waals surface area contributed by atoms with Crippen LogP contribution in [-0.2, 0) is 0 Å². The predicted molar refractivity (Wildman–Crippen MR) is 43.6 cm³/mol. The molecular weight excluding hydrogens is 134 g/mol. The second-order valence-electron chi connectivity index (χ2n) is 1.72. The summed E-state index contributed by atoms with van der Waals surface area (Å²) >= 11 is 4.70. The molecule has 9 heavy (non-hydrogen) atoms. The highest BCUT2D eigenvalue weighted by Crippen LogP contribution is 1.71.